The number of urea groups is 1. The monoisotopic (exact) mass is 494 g/mol. The van der Waals surface area contributed by atoms with Crippen LogP contribution in [-0.4, -0.2) is 82.1 Å². The molecule has 3 amide bonds. The lowest BCUT2D eigenvalue weighted by Gasteiger charge is -2.37. The lowest BCUT2D eigenvalue weighted by atomic mass is 9.96. The van der Waals surface area contributed by atoms with Crippen LogP contribution in [0.1, 0.15) is 46.1 Å². The second-order valence-electron chi connectivity index (χ2n) is 11.5. The molecule has 1 N–H and O–H groups in total. The summed E-state index contributed by atoms with van der Waals surface area (Å²) in [6, 6.07) is 10.7. The van der Waals surface area contributed by atoms with E-state index in [1.54, 1.807) is 9.80 Å². The van der Waals surface area contributed by atoms with Gasteiger partial charge in [0.1, 0.15) is 18.1 Å². The number of hydrogen-bond acceptors (Lipinski definition) is 6. The second-order valence-corrected chi connectivity index (χ2v) is 11.5. The van der Waals surface area contributed by atoms with Gasteiger partial charge in [0, 0.05) is 50.9 Å². The molecule has 2 fully saturated rings. The summed E-state index contributed by atoms with van der Waals surface area (Å²) >= 11 is 0. The highest BCUT2D eigenvalue weighted by molar-refractivity contribution is 6.02. The summed E-state index contributed by atoms with van der Waals surface area (Å²) in [6.07, 6.45) is 3.44. The molecule has 2 atom stereocenters. The van der Waals surface area contributed by atoms with E-state index in [2.05, 4.69) is 46.3 Å². The number of rotatable bonds is 4. The van der Waals surface area contributed by atoms with Crippen LogP contribution in [0.25, 0.3) is 0 Å². The van der Waals surface area contributed by atoms with Crippen molar-refractivity contribution >= 4 is 18.0 Å². The van der Waals surface area contributed by atoms with Crippen LogP contribution in [0.4, 0.5) is 9.59 Å². The number of fused-ring (bicyclic) bond motifs is 1. The molecule has 1 aromatic rings. The molecule has 4 heterocycles. The van der Waals surface area contributed by atoms with Crippen molar-refractivity contribution in [1.29, 1.82) is 0 Å². The summed E-state index contributed by atoms with van der Waals surface area (Å²) in [6.45, 7) is 12.5. The first-order chi connectivity index (χ1) is 17.2. The number of carbonyl (C=O) groups excluding carboxylic acids is 2. The third kappa shape index (κ3) is 5.36. The van der Waals surface area contributed by atoms with Gasteiger partial charge in [-0.1, -0.05) is 37.3 Å². The van der Waals surface area contributed by atoms with E-state index in [1.807, 2.05) is 33.0 Å². The second kappa shape index (κ2) is 9.76. The highest BCUT2D eigenvalue weighted by atomic mass is 16.6. The molecule has 2 saturated heterocycles. The molecule has 5 rings (SSSR count). The van der Waals surface area contributed by atoms with Crippen molar-refractivity contribution in [2.45, 2.75) is 58.7 Å². The van der Waals surface area contributed by atoms with Gasteiger partial charge >= 0.3 is 12.1 Å². The number of likely N-dealkylation sites (tertiary alicyclic amines) is 2. The Bertz CT molecular complexity index is 1040. The fraction of sp³-hybridized carbons (Fsp3) is 0.593. The fourth-order valence-electron chi connectivity index (χ4n) is 5.58. The van der Waals surface area contributed by atoms with E-state index in [1.165, 1.54) is 5.56 Å². The standard InChI is InChI=1S/C27H38N6O3/c1-19-14-30(15-20-8-6-5-7-9-20)16-22(19)24-28-23-17-32(18-33(23)25(34)29-24)21-10-12-31(13-11-21)26(35)36-27(2,3)4/h5-9,17,19,21-22H,10-16,18H2,1-4H3,(H,28,29,34). The van der Waals surface area contributed by atoms with Crippen molar-refractivity contribution in [3.63, 3.8) is 0 Å². The number of piperidine rings is 1. The van der Waals surface area contributed by atoms with Gasteiger partial charge in [0.15, 0.2) is 5.82 Å². The van der Waals surface area contributed by atoms with Crippen molar-refractivity contribution in [1.82, 2.24) is 24.9 Å². The van der Waals surface area contributed by atoms with E-state index in [0.717, 1.165) is 44.1 Å². The minimum absolute atomic E-state index is 0.103. The van der Waals surface area contributed by atoms with Gasteiger partial charge in [0.25, 0.3) is 0 Å². The molecule has 0 bridgehead atoms. The van der Waals surface area contributed by atoms with Gasteiger partial charge in [0.05, 0.1) is 0 Å². The number of carbonyl (C=O) groups is 2. The minimum atomic E-state index is -0.491. The Morgan fingerprint density at radius 3 is 2.56 bits per heavy atom. The average molecular weight is 495 g/mol. The smallest absolute Gasteiger partial charge is 0.410 e. The lowest BCUT2D eigenvalue weighted by molar-refractivity contribution is 0.0162. The lowest BCUT2D eigenvalue weighted by Crippen LogP contribution is -2.51. The Hall–Kier alpha value is -3.07. The summed E-state index contributed by atoms with van der Waals surface area (Å²) in [7, 11) is 0. The van der Waals surface area contributed by atoms with Crippen LogP contribution in [0.2, 0.25) is 0 Å². The molecule has 4 aliphatic rings. The highest BCUT2D eigenvalue weighted by Crippen LogP contribution is 2.31. The number of amides is 3. The maximum Gasteiger partial charge on any atom is 0.410 e. The predicted octanol–water partition coefficient (Wildman–Crippen LogP) is 3.65. The maximum absolute atomic E-state index is 13.0. The molecule has 9 heteroatoms. The number of amidine groups is 1. The molecule has 1 aromatic carbocycles. The van der Waals surface area contributed by atoms with E-state index >= 15 is 0 Å². The van der Waals surface area contributed by atoms with Crippen molar-refractivity contribution in [3.05, 3.63) is 47.9 Å². The number of ether oxygens (including phenoxy) is 1. The van der Waals surface area contributed by atoms with Crippen LogP contribution in [0.5, 0.6) is 0 Å². The zero-order valence-electron chi connectivity index (χ0n) is 21.8. The van der Waals surface area contributed by atoms with Gasteiger partial charge in [-0.3, -0.25) is 15.1 Å². The number of aliphatic imine (C=N–C) groups is 1. The van der Waals surface area contributed by atoms with E-state index in [9.17, 15) is 9.59 Å². The van der Waals surface area contributed by atoms with Gasteiger partial charge in [-0.15, -0.1) is 0 Å². The quantitative estimate of drug-likeness (QED) is 0.691. The van der Waals surface area contributed by atoms with E-state index in [4.69, 9.17) is 9.73 Å². The van der Waals surface area contributed by atoms with Crippen LogP contribution in [0, 0.1) is 11.8 Å². The van der Waals surface area contributed by atoms with E-state index < -0.39 is 5.60 Å². The molecule has 9 nitrogen and oxygen atoms in total. The Labute approximate surface area is 213 Å². The SMILES string of the molecule is CC1CN(Cc2ccccc2)CC1C1=NC2=CN(C3CCN(C(=O)OC(C)(C)C)CC3)CN2C(=O)N1. The van der Waals surface area contributed by atoms with Crippen molar-refractivity contribution < 1.29 is 14.3 Å². The van der Waals surface area contributed by atoms with Crippen LogP contribution >= 0.6 is 0 Å². The molecule has 0 radical (unpaired) electrons. The molecule has 0 aromatic heterocycles. The number of hydrogen-bond donors (Lipinski definition) is 1. The molecule has 194 valence electrons. The fourth-order valence-corrected chi connectivity index (χ4v) is 5.58. The third-order valence-electron chi connectivity index (χ3n) is 7.45. The molecule has 0 aliphatic carbocycles. The Morgan fingerprint density at radius 1 is 1.14 bits per heavy atom. The van der Waals surface area contributed by atoms with Gasteiger partial charge < -0.3 is 14.5 Å². The maximum atomic E-state index is 13.0. The van der Waals surface area contributed by atoms with Crippen molar-refractivity contribution in [3.8, 4) is 0 Å². The normalized spacial score (nSPS) is 25.4. The van der Waals surface area contributed by atoms with Crippen LogP contribution in [0.15, 0.2) is 47.3 Å². The zero-order chi connectivity index (χ0) is 25.4. The van der Waals surface area contributed by atoms with Crippen molar-refractivity contribution in [2.24, 2.45) is 16.8 Å². The Balaban J connectivity index is 1.21. The van der Waals surface area contributed by atoms with E-state index in [-0.39, 0.29) is 24.1 Å². The van der Waals surface area contributed by atoms with Gasteiger partial charge in [-0.2, -0.15) is 0 Å². The van der Waals surface area contributed by atoms with Gasteiger partial charge in [-0.05, 0) is 45.1 Å². The average Bonchev–Trinajstić information content (AvgIpc) is 3.42. The first kappa shape index (κ1) is 24.6. The number of nitrogens with zero attached hydrogens (tertiary/aromatic N) is 5. The summed E-state index contributed by atoms with van der Waals surface area (Å²) < 4.78 is 5.52. The molecule has 0 saturated carbocycles. The third-order valence-corrected chi connectivity index (χ3v) is 7.45. The van der Waals surface area contributed by atoms with Crippen LogP contribution < -0.4 is 5.32 Å². The summed E-state index contributed by atoms with van der Waals surface area (Å²) in [5.74, 6) is 2.12. The number of nitrogens with one attached hydrogen (secondary N) is 1. The largest absolute Gasteiger partial charge is 0.444 e. The minimum Gasteiger partial charge on any atom is -0.444 e. The van der Waals surface area contributed by atoms with Crippen LogP contribution in [0.3, 0.4) is 0 Å². The molecule has 0 spiro atoms. The number of benzene rings is 1. The summed E-state index contributed by atoms with van der Waals surface area (Å²) in [4.78, 5) is 38.5. The Morgan fingerprint density at radius 2 is 1.86 bits per heavy atom. The summed E-state index contributed by atoms with van der Waals surface area (Å²) in [5.41, 5.74) is 0.812. The molecular formula is C27H38N6O3. The molecule has 36 heavy (non-hydrogen) atoms. The van der Waals surface area contributed by atoms with Crippen LogP contribution in [-0.2, 0) is 11.3 Å². The van der Waals surface area contributed by atoms with Gasteiger partial charge in [0.2, 0.25) is 0 Å². The summed E-state index contributed by atoms with van der Waals surface area (Å²) in [5, 5.41) is 3.09. The molecule has 4 aliphatic heterocycles. The zero-order valence-corrected chi connectivity index (χ0v) is 21.8. The first-order valence-corrected chi connectivity index (χ1v) is 13.0. The van der Waals surface area contributed by atoms with Gasteiger partial charge in [-0.25, -0.2) is 14.6 Å². The molecule has 2 unspecified atom stereocenters. The highest BCUT2D eigenvalue weighted by Gasteiger charge is 2.40. The Kier molecular flexibility index (Phi) is 6.68. The topological polar surface area (TPSA) is 80.7 Å². The molecular weight excluding hydrogens is 456 g/mol. The first-order valence-electron chi connectivity index (χ1n) is 13.0. The van der Waals surface area contributed by atoms with E-state index in [0.29, 0.717) is 25.7 Å². The predicted molar refractivity (Wildman–Crippen MR) is 138 cm³/mol. The van der Waals surface area contributed by atoms with Crippen molar-refractivity contribution in [2.75, 3.05) is 32.8 Å².